The molecule has 1 aromatic rings. The normalized spacial score (nSPS) is 19.5. The van der Waals surface area contributed by atoms with Crippen LogP contribution in [0.2, 0.25) is 5.02 Å². The van der Waals surface area contributed by atoms with Gasteiger partial charge in [-0.2, -0.15) is 0 Å². The van der Waals surface area contributed by atoms with Crippen molar-refractivity contribution in [2.24, 2.45) is 0 Å². The maximum Gasteiger partial charge on any atom is 0.270 e. The minimum Gasteiger partial charge on any atom is -0.380 e. The lowest BCUT2D eigenvalue weighted by molar-refractivity contribution is -0.384. The molecule has 0 radical (unpaired) electrons. The molecule has 1 aliphatic rings. The van der Waals surface area contributed by atoms with Gasteiger partial charge in [0, 0.05) is 31.3 Å². The molecular formula is C11H13ClN2O3. The monoisotopic (exact) mass is 256 g/mol. The zero-order valence-electron chi connectivity index (χ0n) is 9.19. The van der Waals surface area contributed by atoms with Gasteiger partial charge in [-0.05, 0) is 18.1 Å². The SMILES string of the molecule is O=[N+]([O-])c1ccc(CNC2CCOC2)c(Cl)c1. The number of halogens is 1. The molecule has 1 saturated heterocycles. The van der Waals surface area contributed by atoms with Crippen LogP contribution in [0, 0.1) is 10.1 Å². The van der Waals surface area contributed by atoms with Gasteiger partial charge in [0.2, 0.25) is 0 Å². The molecule has 1 aromatic carbocycles. The topological polar surface area (TPSA) is 64.4 Å². The Labute approximate surface area is 104 Å². The molecule has 1 atom stereocenters. The second kappa shape index (κ2) is 5.44. The Morgan fingerprint density at radius 2 is 2.41 bits per heavy atom. The lowest BCUT2D eigenvalue weighted by Gasteiger charge is -2.11. The number of ether oxygens (including phenoxy) is 1. The van der Waals surface area contributed by atoms with E-state index in [1.54, 1.807) is 6.07 Å². The van der Waals surface area contributed by atoms with Gasteiger partial charge >= 0.3 is 0 Å². The van der Waals surface area contributed by atoms with Crippen molar-refractivity contribution in [3.05, 3.63) is 38.9 Å². The van der Waals surface area contributed by atoms with E-state index in [1.165, 1.54) is 12.1 Å². The van der Waals surface area contributed by atoms with Crippen LogP contribution in [-0.2, 0) is 11.3 Å². The molecule has 17 heavy (non-hydrogen) atoms. The Bertz CT molecular complexity index is 419. The summed E-state index contributed by atoms with van der Waals surface area (Å²) in [6.45, 7) is 2.10. The van der Waals surface area contributed by atoms with Gasteiger partial charge in [-0.3, -0.25) is 10.1 Å². The Hall–Kier alpha value is -1.17. The van der Waals surface area contributed by atoms with Crippen LogP contribution in [-0.4, -0.2) is 24.2 Å². The summed E-state index contributed by atoms with van der Waals surface area (Å²) in [6.07, 6.45) is 0.991. The molecule has 0 saturated carbocycles. The summed E-state index contributed by atoms with van der Waals surface area (Å²) in [4.78, 5) is 10.1. The van der Waals surface area contributed by atoms with Crippen molar-refractivity contribution < 1.29 is 9.66 Å². The molecule has 1 heterocycles. The van der Waals surface area contributed by atoms with E-state index in [-0.39, 0.29) is 5.69 Å². The molecule has 1 fully saturated rings. The largest absolute Gasteiger partial charge is 0.380 e. The Balaban J connectivity index is 1.98. The van der Waals surface area contributed by atoms with Crippen LogP contribution in [0.25, 0.3) is 0 Å². The fraction of sp³-hybridized carbons (Fsp3) is 0.455. The van der Waals surface area contributed by atoms with Crippen LogP contribution in [0.1, 0.15) is 12.0 Å². The molecular weight excluding hydrogens is 244 g/mol. The average Bonchev–Trinajstić information content (AvgIpc) is 2.80. The van der Waals surface area contributed by atoms with E-state index >= 15 is 0 Å². The van der Waals surface area contributed by atoms with Crippen LogP contribution in [0.15, 0.2) is 18.2 Å². The summed E-state index contributed by atoms with van der Waals surface area (Å²) in [5.74, 6) is 0. The van der Waals surface area contributed by atoms with E-state index < -0.39 is 4.92 Å². The first-order chi connectivity index (χ1) is 8.16. The molecule has 2 rings (SSSR count). The summed E-state index contributed by atoms with van der Waals surface area (Å²) in [7, 11) is 0. The number of benzene rings is 1. The van der Waals surface area contributed by atoms with E-state index in [2.05, 4.69) is 5.32 Å². The summed E-state index contributed by atoms with van der Waals surface area (Å²) in [5.41, 5.74) is 0.882. The van der Waals surface area contributed by atoms with E-state index in [0.29, 0.717) is 24.2 Å². The van der Waals surface area contributed by atoms with Crippen LogP contribution >= 0.6 is 11.6 Å². The number of hydrogen-bond acceptors (Lipinski definition) is 4. The van der Waals surface area contributed by atoms with Crippen LogP contribution in [0.3, 0.4) is 0 Å². The first kappa shape index (κ1) is 12.3. The fourth-order valence-electron chi connectivity index (χ4n) is 1.74. The highest BCUT2D eigenvalue weighted by atomic mass is 35.5. The van der Waals surface area contributed by atoms with Gasteiger partial charge in [-0.15, -0.1) is 0 Å². The summed E-state index contributed by atoms with van der Waals surface area (Å²) in [6, 6.07) is 4.88. The van der Waals surface area contributed by atoms with E-state index in [4.69, 9.17) is 16.3 Å². The first-order valence-electron chi connectivity index (χ1n) is 5.41. The highest BCUT2D eigenvalue weighted by Crippen LogP contribution is 2.22. The number of rotatable bonds is 4. The van der Waals surface area contributed by atoms with Crippen molar-refractivity contribution in [1.29, 1.82) is 0 Å². The van der Waals surface area contributed by atoms with E-state index in [9.17, 15) is 10.1 Å². The lowest BCUT2D eigenvalue weighted by Crippen LogP contribution is -2.28. The Morgan fingerprint density at radius 1 is 1.59 bits per heavy atom. The quantitative estimate of drug-likeness (QED) is 0.662. The van der Waals surface area contributed by atoms with E-state index in [1.807, 2.05) is 0 Å². The van der Waals surface area contributed by atoms with Gasteiger partial charge in [0.15, 0.2) is 0 Å². The number of nitrogens with zero attached hydrogens (tertiary/aromatic N) is 1. The second-order valence-corrected chi connectivity index (χ2v) is 4.38. The molecule has 6 heteroatoms. The summed E-state index contributed by atoms with van der Waals surface area (Å²) >= 11 is 5.98. The van der Waals surface area contributed by atoms with Crippen molar-refractivity contribution in [3.8, 4) is 0 Å². The van der Waals surface area contributed by atoms with Crippen molar-refractivity contribution in [3.63, 3.8) is 0 Å². The lowest BCUT2D eigenvalue weighted by atomic mass is 10.2. The number of nitro groups is 1. The van der Waals surface area contributed by atoms with Crippen LogP contribution in [0.4, 0.5) is 5.69 Å². The predicted molar refractivity (Wildman–Crippen MR) is 64.2 cm³/mol. The fourth-order valence-corrected chi connectivity index (χ4v) is 1.98. The van der Waals surface area contributed by atoms with Crippen molar-refractivity contribution in [2.75, 3.05) is 13.2 Å². The standard InChI is InChI=1S/C11H13ClN2O3/c12-11-5-10(14(15)16)2-1-8(11)6-13-9-3-4-17-7-9/h1-2,5,9,13H,3-4,6-7H2. The molecule has 0 bridgehead atoms. The zero-order valence-corrected chi connectivity index (χ0v) is 9.94. The van der Waals surface area contributed by atoms with Gasteiger partial charge in [-0.25, -0.2) is 0 Å². The third-order valence-corrected chi connectivity index (χ3v) is 3.11. The first-order valence-corrected chi connectivity index (χ1v) is 5.78. The molecule has 92 valence electrons. The summed E-state index contributed by atoms with van der Waals surface area (Å²) in [5, 5.41) is 14.3. The van der Waals surface area contributed by atoms with Gasteiger partial charge in [0.05, 0.1) is 16.6 Å². The number of nitro benzene ring substituents is 1. The number of hydrogen-bond donors (Lipinski definition) is 1. The van der Waals surface area contributed by atoms with Crippen molar-refractivity contribution in [2.45, 2.75) is 19.0 Å². The minimum absolute atomic E-state index is 0.0166. The zero-order chi connectivity index (χ0) is 12.3. The smallest absolute Gasteiger partial charge is 0.270 e. The molecule has 1 aliphatic heterocycles. The highest BCUT2D eigenvalue weighted by Gasteiger charge is 2.15. The second-order valence-electron chi connectivity index (χ2n) is 3.97. The number of non-ortho nitro benzene ring substituents is 1. The third kappa shape index (κ3) is 3.15. The van der Waals surface area contributed by atoms with Gasteiger partial charge < -0.3 is 10.1 Å². The third-order valence-electron chi connectivity index (χ3n) is 2.76. The molecule has 0 aliphatic carbocycles. The molecule has 1 N–H and O–H groups in total. The van der Waals surface area contributed by atoms with Gasteiger partial charge in [-0.1, -0.05) is 11.6 Å². The number of nitrogens with one attached hydrogen (secondary N) is 1. The maximum atomic E-state index is 10.5. The molecule has 0 aromatic heterocycles. The predicted octanol–water partition coefficient (Wildman–Crippen LogP) is 2.13. The van der Waals surface area contributed by atoms with Gasteiger partial charge in [0.1, 0.15) is 0 Å². The van der Waals surface area contributed by atoms with Crippen LogP contribution in [0.5, 0.6) is 0 Å². The highest BCUT2D eigenvalue weighted by molar-refractivity contribution is 6.31. The Kier molecular flexibility index (Phi) is 3.93. The van der Waals surface area contributed by atoms with Crippen molar-refractivity contribution in [1.82, 2.24) is 5.32 Å². The molecule has 1 unspecified atom stereocenters. The maximum absolute atomic E-state index is 10.5. The molecule has 5 nitrogen and oxygen atoms in total. The molecule has 0 amide bonds. The Morgan fingerprint density at radius 3 is 3.00 bits per heavy atom. The van der Waals surface area contributed by atoms with Gasteiger partial charge in [0.25, 0.3) is 5.69 Å². The average molecular weight is 257 g/mol. The van der Waals surface area contributed by atoms with Crippen LogP contribution < -0.4 is 5.32 Å². The van der Waals surface area contributed by atoms with Crippen molar-refractivity contribution >= 4 is 17.3 Å². The van der Waals surface area contributed by atoms with E-state index in [0.717, 1.165) is 18.6 Å². The molecule has 0 spiro atoms. The summed E-state index contributed by atoms with van der Waals surface area (Å²) < 4.78 is 5.24. The minimum atomic E-state index is -0.450.